The van der Waals surface area contributed by atoms with Crippen molar-refractivity contribution in [2.75, 3.05) is 6.54 Å². The minimum absolute atomic E-state index is 0.811. The molecule has 1 N–H and O–H groups in total. The molecule has 0 aliphatic heterocycles. The van der Waals surface area contributed by atoms with Gasteiger partial charge in [0.25, 0.3) is 0 Å². The summed E-state index contributed by atoms with van der Waals surface area (Å²) < 4.78 is 1.94. The van der Waals surface area contributed by atoms with Gasteiger partial charge in [0.15, 0.2) is 0 Å². The Hall–Kier alpha value is -1.61. The fraction of sp³-hybridized carbons (Fsp3) is 0.357. The van der Waals surface area contributed by atoms with Crippen molar-refractivity contribution in [2.45, 2.75) is 20.4 Å². The quantitative estimate of drug-likeness (QED) is 0.645. The number of aromatic nitrogens is 2. The summed E-state index contributed by atoms with van der Waals surface area (Å²) in [6.07, 6.45) is 2.19. The summed E-state index contributed by atoms with van der Waals surface area (Å²) in [5, 5.41) is 9.16. The van der Waals surface area contributed by atoms with Crippen molar-refractivity contribution in [3.63, 3.8) is 0 Å². The van der Waals surface area contributed by atoms with Gasteiger partial charge in [-0.1, -0.05) is 29.8 Å². The highest BCUT2D eigenvalue weighted by Gasteiger charge is 2.06. The first-order valence-electron chi connectivity index (χ1n) is 5.93. The molecule has 0 unspecified atom stereocenters. The second-order valence-electron chi connectivity index (χ2n) is 4.50. The molecular formula is C14H19N3. The molecule has 2 rings (SSSR count). The van der Waals surface area contributed by atoms with Crippen molar-refractivity contribution in [1.82, 2.24) is 15.1 Å². The average Bonchev–Trinajstić information content (AvgIpc) is 2.63. The highest BCUT2D eigenvalue weighted by atomic mass is 15.3. The van der Waals surface area contributed by atoms with Crippen LogP contribution in [0.15, 0.2) is 35.9 Å². The summed E-state index contributed by atoms with van der Waals surface area (Å²) in [4.78, 5) is 0. The van der Waals surface area contributed by atoms with E-state index in [-0.39, 0.29) is 0 Å². The molecule has 90 valence electrons. The van der Waals surface area contributed by atoms with Crippen molar-refractivity contribution in [3.8, 4) is 0 Å². The number of hydrogen-bond donors (Lipinski definition) is 1. The molecule has 1 aromatic heterocycles. The normalized spacial score (nSPS) is 10.8. The van der Waals surface area contributed by atoms with Gasteiger partial charge in [-0.3, -0.25) is 4.68 Å². The molecule has 0 saturated carbocycles. The minimum Gasteiger partial charge on any atom is -0.308 e. The van der Waals surface area contributed by atoms with Crippen LogP contribution in [0.5, 0.6) is 0 Å². The van der Waals surface area contributed by atoms with Crippen LogP contribution >= 0.6 is 0 Å². The molecule has 3 nitrogen and oxygen atoms in total. The summed E-state index contributed by atoms with van der Waals surface area (Å²) in [5.74, 6) is 0. The Morgan fingerprint density at radius 2 is 2.12 bits per heavy atom. The Morgan fingerprint density at radius 1 is 1.35 bits per heavy atom. The van der Waals surface area contributed by atoms with Crippen LogP contribution in [0.4, 0.5) is 0 Å². The van der Waals surface area contributed by atoms with Gasteiger partial charge in [0, 0.05) is 25.5 Å². The summed E-state index contributed by atoms with van der Waals surface area (Å²) in [5.41, 5.74) is 3.64. The van der Waals surface area contributed by atoms with Gasteiger partial charge in [0.05, 0.1) is 11.2 Å². The van der Waals surface area contributed by atoms with Crippen LogP contribution in [-0.2, 0) is 13.6 Å². The van der Waals surface area contributed by atoms with E-state index in [0.29, 0.717) is 0 Å². The number of nitrogens with one attached hydrogen (secondary N) is 1. The topological polar surface area (TPSA) is 29.9 Å². The number of aryl methyl sites for hydroxylation is 1. The highest BCUT2D eigenvalue weighted by molar-refractivity contribution is 5.81. The highest BCUT2D eigenvalue weighted by Crippen LogP contribution is 2.16. The van der Waals surface area contributed by atoms with Gasteiger partial charge in [0.1, 0.15) is 0 Å². The van der Waals surface area contributed by atoms with Crippen LogP contribution in [0, 0.1) is 0 Å². The smallest absolute Gasteiger partial charge is 0.0841 e. The third-order valence-electron chi connectivity index (χ3n) is 2.78. The number of allylic oxidation sites excluding steroid dienone is 1. The summed E-state index contributed by atoms with van der Waals surface area (Å²) in [7, 11) is 1.99. The van der Waals surface area contributed by atoms with Crippen molar-refractivity contribution in [1.29, 1.82) is 0 Å². The van der Waals surface area contributed by atoms with E-state index < -0.39 is 0 Å². The van der Waals surface area contributed by atoms with Crippen LogP contribution in [-0.4, -0.2) is 16.3 Å². The third kappa shape index (κ3) is 2.74. The molecule has 2 aromatic rings. The zero-order chi connectivity index (χ0) is 12.3. The van der Waals surface area contributed by atoms with E-state index in [0.717, 1.165) is 18.8 Å². The lowest BCUT2D eigenvalue weighted by molar-refractivity contribution is 0.701. The van der Waals surface area contributed by atoms with E-state index in [1.807, 2.05) is 17.8 Å². The average molecular weight is 229 g/mol. The molecule has 0 atom stereocenters. The summed E-state index contributed by atoms with van der Waals surface area (Å²) in [6, 6.07) is 8.33. The van der Waals surface area contributed by atoms with E-state index in [2.05, 4.69) is 48.5 Å². The molecule has 0 bridgehead atoms. The maximum atomic E-state index is 4.54. The lowest BCUT2D eigenvalue weighted by Crippen LogP contribution is -2.13. The van der Waals surface area contributed by atoms with Crippen LogP contribution in [0.25, 0.3) is 10.9 Å². The Balaban J connectivity index is 2.11. The Bertz CT molecular complexity index is 533. The van der Waals surface area contributed by atoms with Crippen LogP contribution in [0.3, 0.4) is 0 Å². The fourth-order valence-corrected chi connectivity index (χ4v) is 1.89. The second-order valence-corrected chi connectivity index (χ2v) is 4.50. The molecule has 0 amide bonds. The zero-order valence-corrected chi connectivity index (χ0v) is 10.7. The standard InChI is InChI=1S/C14H19N3/c1-11(2)8-9-15-10-13-12-6-4-5-7-14(12)17(3)16-13/h4-8,15H,9-10H2,1-3H3. The zero-order valence-electron chi connectivity index (χ0n) is 10.7. The van der Waals surface area contributed by atoms with Crippen LogP contribution in [0.2, 0.25) is 0 Å². The molecule has 0 aliphatic rings. The third-order valence-corrected chi connectivity index (χ3v) is 2.78. The van der Waals surface area contributed by atoms with E-state index in [4.69, 9.17) is 0 Å². The van der Waals surface area contributed by atoms with Crippen molar-refractivity contribution in [3.05, 3.63) is 41.6 Å². The van der Waals surface area contributed by atoms with Crippen LogP contribution < -0.4 is 5.32 Å². The first-order chi connectivity index (χ1) is 8.18. The lowest BCUT2D eigenvalue weighted by atomic mass is 10.2. The molecule has 1 aromatic carbocycles. The van der Waals surface area contributed by atoms with Gasteiger partial charge >= 0.3 is 0 Å². The predicted octanol–water partition coefficient (Wildman–Crippen LogP) is 2.63. The van der Waals surface area contributed by atoms with Gasteiger partial charge in [-0.2, -0.15) is 5.10 Å². The van der Waals surface area contributed by atoms with Gasteiger partial charge in [0.2, 0.25) is 0 Å². The first-order valence-corrected chi connectivity index (χ1v) is 5.93. The van der Waals surface area contributed by atoms with E-state index in [9.17, 15) is 0 Å². The SMILES string of the molecule is CC(C)=CCNCc1nn(C)c2ccccc12. The van der Waals surface area contributed by atoms with Crippen molar-refractivity contribution < 1.29 is 0 Å². The number of nitrogens with zero attached hydrogens (tertiary/aromatic N) is 2. The first kappa shape index (κ1) is 11.9. The van der Waals surface area contributed by atoms with Crippen LogP contribution in [0.1, 0.15) is 19.5 Å². The molecule has 0 spiro atoms. The Kier molecular flexibility index (Phi) is 3.59. The molecule has 17 heavy (non-hydrogen) atoms. The molecule has 1 heterocycles. The maximum absolute atomic E-state index is 4.54. The number of para-hydroxylation sites is 1. The molecular weight excluding hydrogens is 210 g/mol. The number of benzene rings is 1. The van der Waals surface area contributed by atoms with Gasteiger partial charge in [-0.05, 0) is 19.9 Å². The molecule has 0 radical (unpaired) electrons. The fourth-order valence-electron chi connectivity index (χ4n) is 1.89. The molecule has 3 heteroatoms. The van der Waals surface area contributed by atoms with E-state index >= 15 is 0 Å². The number of fused-ring (bicyclic) bond motifs is 1. The minimum atomic E-state index is 0.811. The Morgan fingerprint density at radius 3 is 2.88 bits per heavy atom. The maximum Gasteiger partial charge on any atom is 0.0841 e. The van der Waals surface area contributed by atoms with Gasteiger partial charge < -0.3 is 5.32 Å². The predicted molar refractivity (Wildman–Crippen MR) is 71.9 cm³/mol. The second kappa shape index (κ2) is 5.15. The van der Waals surface area contributed by atoms with Gasteiger partial charge in [-0.15, -0.1) is 0 Å². The summed E-state index contributed by atoms with van der Waals surface area (Å²) >= 11 is 0. The molecule has 0 aliphatic carbocycles. The van der Waals surface area contributed by atoms with Crippen molar-refractivity contribution in [2.24, 2.45) is 7.05 Å². The monoisotopic (exact) mass is 229 g/mol. The lowest BCUT2D eigenvalue weighted by Gasteiger charge is -1.99. The summed E-state index contributed by atoms with van der Waals surface area (Å²) in [6.45, 7) is 5.92. The van der Waals surface area contributed by atoms with E-state index in [1.54, 1.807) is 0 Å². The largest absolute Gasteiger partial charge is 0.308 e. The Labute approximate surface area is 102 Å². The number of rotatable bonds is 4. The molecule has 0 fully saturated rings. The van der Waals surface area contributed by atoms with Gasteiger partial charge in [-0.25, -0.2) is 0 Å². The number of hydrogen-bond acceptors (Lipinski definition) is 2. The molecule has 0 saturated heterocycles. The van der Waals surface area contributed by atoms with Crippen molar-refractivity contribution >= 4 is 10.9 Å². The van der Waals surface area contributed by atoms with E-state index in [1.165, 1.54) is 16.5 Å².